The fourth-order valence-corrected chi connectivity index (χ4v) is 4.71. The Hall–Kier alpha value is -3.19. The second kappa shape index (κ2) is 10.8. The standard InChI is InChI=1S/C27H34N4O3/c1-20-9-11-22(12-10-20)19-31-24-8-4-3-7-23(24)30(26(33)27(31)34)18-14-25(32)28-15-13-21(2)29-16-5-6-17-29/h3-4,7-12,21H,5-6,13-19H2,1-2H3,(H,28,32). The largest absolute Gasteiger partial charge is 0.356 e. The quantitative estimate of drug-likeness (QED) is 0.496. The molecule has 0 radical (unpaired) electrons. The van der Waals surface area contributed by atoms with Crippen LogP contribution in [-0.2, 0) is 17.9 Å². The first-order valence-electron chi connectivity index (χ1n) is 12.2. The zero-order chi connectivity index (χ0) is 24.1. The van der Waals surface area contributed by atoms with E-state index in [1.54, 1.807) is 0 Å². The second-order valence-electron chi connectivity index (χ2n) is 9.30. The Kier molecular flexibility index (Phi) is 7.63. The highest BCUT2D eigenvalue weighted by atomic mass is 16.2. The summed E-state index contributed by atoms with van der Waals surface area (Å²) in [5.41, 5.74) is 2.28. The Balaban J connectivity index is 1.46. The SMILES string of the molecule is Cc1ccc(Cn2c(=O)c(=O)n(CCC(=O)NCCC(C)N3CCCC3)c3ccccc32)cc1. The number of aromatic nitrogens is 2. The second-order valence-corrected chi connectivity index (χ2v) is 9.30. The molecule has 7 nitrogen and oxygen atoms in total. The molecule has 0 saturated carbocycles. The van der Waals surface area contributed by atoms with E-state index < -0.39 is 11.1 Å². The molecule has 1 saturated heterocycles. The van der Waals surface area contributed by atoms with Crippen LogP contribution in [0.2, 0.25) is 0 Å². The van der Waals surface area contributed by atoms with Crippen molar-refractivity contribution < 1.29 is 4.79 Å². The summed E-state index contributed by atoms with van der Waals surface area (Å²) >= 11 is 0. The van der Waals surface area contributed by atoms with Crippen molar-refractivity contribution in [1.82, 2.24) is 19.4 Å². The maximum atomic E-state index is 13.0. The van der Waals surface area contributed by atoms with Crippen molar-refractivity contribution in [3.63, 3.8) is 0 Å². The van der Waals surface area contributed by atoms with Crippen LogP contribution in [-0.4, -0.2) is 45.6 Å². The molecule has 1 N–H and O–H groups in total. The Labute approximate surface area is 200 Å². The minimum atomic E-state index is -0.596. The normalized spacial score (nSPS) is 15.0. The average Bonchev–Trinajstić information content (AvgIpc) is 3.38. The molecule has 180 valence electrons. The van der Waals surface area contributed by atoms with Crippen LogP contribution in [0.5, 0.6) is 0 Å². The predicted molar refractivity (Wildman–Crippen MR) is 135 cm³/mol. The third-order valence-electron chi connectivity index (χ3n) is 6.81. The van der Waals surface area contributed by atoms with Crippen LogP contribution in [0.25, 0.3) is 11.0 Å². The Morgan fingerprint density at radius 2 is 1.56 bits per heavy atom. The number of hydrogen-bond donors (Lipinski definition) is 1. The van der Waals surface area contributed by atoms with Crippen LogP contribution >= 0.6 is 0 Å². The van der Waals surface area contributed by atoms with Crippen molar-refractivity contribution >= 4 is 16.9 Å². The molecule has 0 aliphatic carbocycles. The average molecular weight is 463 g/mol. The molecule has 34 heavy (non-hydrogen) atoms. The van der Waals surface area contributed by atoms with Gasteiger partial charge >= 0.3 is 11.1 Å². The van der Waals surface area contributed by atoms with Crippen molar-refractivity contribution in [3.05, 3.63) is 80.4 Å². The fourth-order valence-electron chi connectivity index (χ4n) is 4.71. The maximum absolute atomic E-state index is 13.0. The number of para-hydroxylation sites is 2. The fraction of sp³-hybridized carbons (Fsp3) is 0.444. The van der Waals surface area contributed by atoms with Gasteiger partial charge in [0.2, 0.25) is 5.91 Å². The van der Waals surface area contributed by atoms with Crippen molar-refractivity contribution in [3.8, 4) is 0 Å². The van der Waals surface area contributed by atoms with Crippen molar-refractivity contribution in [2.45, 2.75) is 58.7 Å². The molecule has 1 aliphatic rings. The summed E-state index contributed by atoms with van der Waals surface area (Å²) in [6, 6.07) is 15.8. The molecule has 2 aromatic carbocycles. The van der Waals surface area contributed by atoms with Gasteiger partial charge in [0.15, 0.2) is 0 Å². The van der Waals surface area contributed by atoms with Gasteiger partial charge < -0.3 is 14.8 Å². The van der Waals surface area contributed by atoms with Gasteiger partial charge in [0.25, 0.3) is 0 Å². The molecule has 1 fully saturated rings. The summed E-state index contributed by atoms with van der Waals surface area (Å²) in [5, 5.41) is 2.97. The van der Waals surface area contributed by atoms with Crippen LogP contribution in [0.1, 0.15) is 43.7 Å². The number of nitrogens with zero attached hydrogens (tertiary/aromatic N) is 3. The number of benzene rings is 2. The minimum Gasteiger partial charge on any atom is -0.356 e. The zero-order valence-corrected chi connectivity index (χ0v) is 20.1. The molecule has 1 atom stereocenters. The smallest absolute Gasteiger partial charge is 0.317 e. The van der Waals surface area contributed by atoms with Gasteiger partial charge in [-0.15, -0.1) is 0 Å². The van der Waals surface area contributed by atoms with Gasteiger partial charge in [-0.2, -0.15) is 0 Å². The predicted octanol–water partition coefficient (Wildman–Crippen LogP) is 2.90. The van der Waals surface area contributed by atoms with Crippen LogP contribution in [0.4, 0.5) is 0 Å². The van der Waals surface area contributed by atoms with Gasteiger partial charge in [0.05, 0.1) is 17.6 Å². The third kappa shape index (κ3) is 5.47. The van der Waals surface area contributed by atoms with Gasteiger partial charge in [-0.25, -0.2) is 0 Å². The first-order valence-corrected chi connectivity index (χ1v) is 12.2. The summed E-state index contributed by atoms with van der Waals surface area (Å²) in [5.74, 6) is -0.103. The molecule has 1 amide bonds. The van der Waals surface area contributed by atoms with Crippen LogP contribution < -0.4 is 16.4 Å². The van der Waals surface area contributed by atoms with E-state index in [4.69, 9.17) is 0 Å². The maximum Gasteiger partial charge on any atom is 0.317 e. The van der Waals surface area contributed by atoms with E-state index in [1.807, 2.05) is 55.5 Å². The van der Waals surface area contributed by atoms with E-state index in [0.29, 0.717) is 30.2 Å². The monoisotopic (exact) mass is 462 g/mol. The highest BCUT2D eigenvalue weighted by molar-refractivity contribution is 5.77. The number of fused-ring (bicyclic) bond motifs is 1. The molecule has 1 unspecified atom stereocenters. The van der Waals surface area contributed by atoms with Gasteiger partial charge in [-0.05, 0) is 63.9 Å². The van der Waals surface area contributed by atoms with Crippen molar-refractivity contribution in [2.24, 2.45) is 0 Å². The lowest BCUT2D eigenvalue weighted by atomic mass is 10.1. The zero-order valence-electron chi connectivity index (χ0n) is 20.1. The number of likely N-dealkylation sites (tertiary alicyclic amines) is 1. The Morgan fingerprint density at radius 3 is 2.24 bits per heavy atom. The Morgan fingerprint density at radius 1 is 0.941 bits per heavy atom. The molecular weight excluding hydrogens is 428 g/mol. The molecular formula is C27H34N4O3. The van der Waals surface area contributed by atoms with E-state index in [-0.39, 0.29) is 18.9 Å². The summed E-state index contributed by atoms with van der Waals surface area (Å²) in [4.78, 5) is 40.9. The first-order chi connectivity index (χ1) is 16.4. The number of carbonyl (C=O) groups excluding carboxylic acids is 1. The summed E-state index contributed by atoms with van der Waals surface area (Å²) in [6.45, 7) is 7.61. The molecule has 2 heterocycles. The van der Waals surface area contributed by atoms with E-state index in [1.165, 1.54) is 22.0 Å². The van der Waals surface area contributed by atoms with Gasteiger partial charge in [-0.1, -0.05) is 42.0 Å². The third-order valence-corrected chi connectivity index (χ3v) is 6.81. The number of aryl methyl sites for hydroxylation is 2. The number of amides is 1. The number of hydrogen-bond acceptors (Lipinski definition) is 4. The topological polar surface area (TPSA) is 76.3 Å². The number of rotatable bonds is 9. The van der Waals surface area contributed by atoms with E-state index in [9.17, 15) is 14.4 Å². The molecule has 3 aromatic rings. The van der Waals surface area contributed by atoms with E-state index in [2.05, 4.69) is 17.1 Å². The molecule has 1 aliphatic heterocycles. The highest BCUT2D eigenvalue weighted by Gasteiger charge is 2.18. The lowest BCUT2D eigenvalue weighted by Gasteiger charge is -2.23. The van der Waals surface area contributed by atoms with Gasteiger partial charge in [0, 0.05) is 25.6 Å². The van der Waals surface area contributed by atoms with Crippen LogP contribution in [0, 0.1) is 6.92 Å². The molecule has 7 heteroatoms. The lowest BCUT2D eigenvalue weighted by molar-refractivity contribution is -0.121. The van der Waals surface area contributed by atoms with Gasteiger partial charge in [0.1, 0.15) is 0 Å². The van der Waals surface area contributed by atoms with Gasteiger partial charge in [-0.3, -0.25) is 19.0 Å². The molecule has 4 rings (SSSR count). The van der Waals surface area contributed by atoms with Crippen molar-refractivity contribution in [2.75, 3.05) is 19.6 Å². The molecule has 0 bridgehead atoms. The summed E-state index contributed by atoms with van der Waals surface area (Å²) in [6.07, 6.45) is 3.57. The summed E-state index contributed by atoms with van der Waals surface area (Å²) < 4.78 is 2.97. The van der Waals surface area contributed by atoms with Crippen LogP contribution in [0.3, 0.4) is 0 Å². The number of carbonyl (C=O) groups is 1. The van der Waals surface area contributed by atoms with Crippen LogP contribution in [0.15, 0.2) is 58.1 Å². The summed E-state index contributed by atoms with van der Waals surface area (Å²) in [7, 11) is 0. The van der Waals surface area contributed by atoms with Crippen molar-refractivity contribution in [1.29, 1.82) is 0 Å². The number of nitrogens with one attached hydrogen (secondary N) is 1. The molecule has 1 aromatic heterocycles. The first kappa shape index (κ1) is 24.0. The van der Waals surface area contributed by atoms with E-state index >= 15 is 0 Å². The highest BCUT2D eigenvalue weighted by Crippen LogP contribution is 2.14. The Bertz CT molecular complexity index is 1250. The minimum absolute atomic E-state index is 0.103. The lowest BCUT2D eigenvalue weighted by Crippen LogP contribution is -2.42. The molecule has 0 spiro atoms. The van der Waals surface area contributed by atoms with E-state index in [0.717, 1.165) is 30.6 Å².